The molecule has 2 amide bonds. The maximum absolute atomic E-state index is 12.4. The van der Waals surface area contributed by atoms with Crippen LogP contribution in [0.2, 0.25) is 0 Å². The Morgan fingerprint density at radius 3 is 2.24 bits per heavy atom. The van der Waals surface area contributed by atoms with Crippen molar-refractivity contribution >= 4 is 11.8 Å². The van der Waals surface area contributed by atoms with Gasteiger partial charge in [0.15, 0.2) is 0 Å². The maximum atomic E-state index is 12.4. The number of carbonyl (C=O) groups is 2. The number of rotatable bonds is 4. The van der Waals surface area contributed by atoms with E-state index in [1.807, 2.05) is 30.3 Å². The minimum absolute atomic E-state index is 0.0749. The van der Waals surface area contributed by atoms with Crippen LogP contribution in [0.15, 0.2) is 30.3 Å². The standard InChI is InChI=1S/C17H21NO3/c1-2-11-8-13-14(9-11)17(21)18(16(13)20)10-15(19)12-6-4-3-5-7-12/h3-7,11,13-15,19H,2,8-10H2,1H3. The summed E-state index contributed by atoms with van der Waals surface area (Å²) in [6.45, 7) is 2.18. The molecule has 3 atom stereocenters. The molecule has 1 heterocycles. The molecule has 2 fully saturated rings. The number of fused-ring (bicyclic) bond motifs is 1. The molecular formula is C17H21NO3. The van der Waals surface area contributed by atoms with Crippen molar-refractivity contribution in [1.82, 2.24) is 4.90 Å². The summed E-state index contributed by atoms with van der Waals surface area (Å²) >= 11 is 0. The Morgan fingerprint density at radius 2 is 1.71 bits per heavy atom. The first-order valence-corrected chi connectivity index (χ1v) is 7.70. The highest BCUT2D eigenvalue weighted by molar-refractivity contribution is 6.05. The van der Waals surface area contributed by atoms with Gasteiger partial charge in [0, 0.05) is 0 Å². The molecule has 1 aliphatic carbocycles. The van der Waals surface area contributed by atoms with Gasteiger partial charge >= 0.3 is 0 Å². The summed E-state index contributed by atoms with van der Waals surface area (Å²) < 4.78 is 0. The lowest BCUT2D eigenvalue weighted by atomic mass is 10.00. The molecule has 1 aromatic carbocycles. The minimum atomic E-state index is -0.806. The van der Waals surface area contributed by atoms with Gasteiger partial charge in [0.1, 0.15) is 0 Å². The summed E-state index contributed by atoms with van der Waals surface area (Å²) in [5.41, 5.74) is 0.738. The van der Waals surface area contributed by atoms with Gasteiger partial charge in [0.05, 0.1) is 24.5 Å². The van der Waals surface area contributed by atoms with Crippen LogP contribution in [0.4, 0.5) is 0 Å². The topological polar surface area (TPSA) is 57.6 Å². The molecular weight excluding hydrogens is 266 g/mol. The number of benzene rings is 1. The van der Waals surface area contributed by atoms with Crippen molar-refractivity contribution in [3.63, 3.8) is 0 Å². The van der Waals surface area contributed by atoms with E-state index < -0.39 is 6.10 Å². The van der Waals surface area contributed by atoms with E-state index >= 15 is 0 Å². The number of nitrogens with zero attached hydrogens (tertiary/aromatic N) is 1. The van der Waals surface area contributed by atoms with E-state index in [1.165, 1.54) is 4.90 Å². The molecule has 2 aliphatic rings. The number of aliphatic hydroxyl groups is 1. The molecule has 21 heavy (non-hydrogen) atoms. The molecule has 4 nitrogen and oxygen atoms in total. The lowest BCUT2D eigenvalue weighted by Gasteiger charge is -2.21. The molecule has 1 aromatic rings. The zero-order chi connectivity index (χ0) is 15.0. The quantitative estimate of drug-likeness (QED) is 0.863. The van der Waals surface area contributed by atoms with Crippen molar-refractivity contribution in [3.05, 3.63) is 35.9 Å². The van der Waals surface area contributed by atoms with Crippen LogP contribution in [0.1, 0.15) is 37.9 Å². The van der Waals surface area contributed by atoms with Gasteiger partial charge < -0.3 is 5.11 Å². The van der Waals surface area contributed by atoms with Gasteiger partial charge in [-0.05, 0) is 24.3 Å². The predicted octanol–water partition coefficient (Wildman–Crippen LogP) is 2.14. The number of carbonyl (C=O) groups excluding carboxylic acids is 2. The first-order valence-electron chi connectivity index (χ1n) is 7.70. The Bertz CT molecular complexity index is 518. The van der Waals surface area contributed by atoms with Crippen LogP contribution in [-0.2, 0) is 9.59 Å². The number of hydrogen-bond acceptors (Lipinski definition) is 3. The molecule has 0 bridgehead atoms. The van der Waals surface area contributed by atoms with Gasteiger partial charge in [-0.2, -0.15) is 0 Å². The molecule has 1 aliphatic heterocycles. The zero-order valence-corrected chi connectivity index (χ0v) is 12.2. The summed E-state index contributed by atoms with van der Waals surface area (Å²) in [6, 6.07) is 9.17. The second-order valence-corrected chi connectivity index (χ2v) is 6.17. The summed E-state index contributed by atoms with van der Waals surface area (Å²) in [5, 5.41) is 10.2. The normalized spacial score (nSPS) is 29.8. The highest BCUT2D eigenvalue weighted by atomic mass is 16.3. The fraction of sp³-hybridized carbons (Fsp3) is 0.529. The van der Waals surface area contributed by atoms with Crippen molar-refractivity contribution in [1.29, 1.82) is 0 Å². The first kappa shape index (κ1) is 14.3. The number of aliphatic hydroxyl groups excluding tert-OH is 1. The van der Waals surface area contributed by atoms with E-state index in [9.17, 15) is 14.7 Å². The van der Waals surface area contributed by atoms with E-state index in [4.69, 9.17) is 0 Å². The van der Waals surface area contributed by atoms with Crippen molar-refractivity contribution in [2.75, 3.05) is 6.54 Å². The van der Waals surface area contributed by atoms with Crippen molar-refractivity contribution < 1.29 is 14.7 Å². The van der Waals surface area contributed by atoms with Gasteiger partial charge in [-0.25, -0.2) is 0 Å². The number of likely N-dealkylation sites (tertiary alicyclic amines) is 1. The van der Waals surface area contributed by atoms with Crippen LogP contribution in [0.5, 0.6) is 0 Å². The van der Waals surface area contributed by atoms with Crippen LogP contribution in [0.3, 0.4) is 0 Å². The van der Waals surface area contributed by atoms with E-state index in [2.05, 4.69) is 6.92 Å². The van der Waals surface area contributed by atoms with Crippen molar-refractivity contribution in [3.8, 4) is 0 Å². The second-order valence-electron chi connectivity index (χ2n) is 6.17. The third-order valence-electron chi connectivity index (χ3n) is 4.94. The number of hydrogen-bond donors (Lipinski definition) is 1. The van der Waals surface area contributed by atoms with Gasteiger partial charge in [-0.3, -0.25) is 14.5 Å². The molecule has 1 N–H and O–H groups in total. The summed E-state index contributed by atoms with van der Waals surface area (Å²) in [4.78, 5) is 26.1. The van der Waals surface area contributed by atoms with Crippen LogP contribution in [0.25, 0.3) is 0 Å². The molecule has 3 rings (SSSR count). The lowest BCUT2D eigenvalue weighted by Crippen LogP contribution is -2.35. The average molecular weight is 287 g/mol. The monoisotopic (exact) mass is 287 g/mol. The van der Waals surface area contributed by atoms with Crippen LogP contribution >= 0.6 is 0 Å². The Kier molecular flexibility index (Phi) is 3.81. The number of amides is 2. The summed E-state index contributed by atoms with van der Waals surface area (Å²) in [6.07, 6.45) is 1.87. The van der Waals surface area contributed by atoms with Crippen LogP contribution < -0.4 is 0 Å². The Labute approximate surface area is 124 Å². The Morgan fingerprint density at radius 1 is 1.14 bits per heavy atom. The SMILES string of the molecule is CCC1CC2C(=O)N(CC(O)c3ccccc3)C(=O)C2C1. The molecule has 1 saturated carbocycles. The molecule has 3 unspecified atom stereocenters. The van der Waals surface area contributed by atoms with Gasteiger partial charge in [0.2, 0.25) is 11.8 Å². The largest absolute Gasteiger partial charge is 0.387 e. The lowest BCUT2D eigenvalue weighted by molar-refractivity contribution is -0.142. The molecule has 0 radical (unpaired) electrons. The summed E-state index contributed by atoms with van der Waals surface area (Å²) in [5.74, 6) is 0.0248. The summed E-state index contributed by atoms with van der Waals surface area (Å²) in [7, 11) is 0. The predicted molar refractivity (Wildman–Crippen MR) is 78.1 cm³/mol. The molecule has 0 aromatic heterocycles. The molecule has 4 heteroatoms. The third kappa shape index (κ3) is 2.48. The van der Waals surface area contributed by atoms with E-state index in [1.54, 1.807) is 0 Å². The Balaban J connectivity index is 1.71. The fourth-order valence-corrected chi connectivity index (χ4v) is 3.66. The molecule has 112 valence electrons. The third-order valence-corrected chi connectivity index (χ3v) is 4.94. The van der Waals surface area contributed by atoms with Gasteiger partial charge in [-0.1, -0.05) is 43.7 Å². The van der Waals surface area contributed by atoms with E-state index in [0.29, 0.717) is 5.92 Å². The van der Waals surface area contributed by atoms with Crippen molar-refractivity contribution in [2.24, 2.45) is 17.8 Å². The van der Waals surface area contributed by atoms with Crippen LogP contribution in [-0.4, -0.2) is 28.4 Å². The van der Waals surface area contributed by atoms with E-state index in [0.717, 1.165) is 24.8 Å². The highest BCUT2D eigenvalue weighted by Gasteiger charge is 2.52. The number of imide groups is 1. The fourth-order valence-electron chi connectivity index (χ4n) is 3.66. The van der Waals surface area contributed by atoms with Gasteiger partial charge in [0.25, 0.3) is 0 Å². The maximum Gasteiger partial charge on any atom is 0.233 e. The molecule has 0 spiro atoms. The van der Waals surface area contributed by atoms with Crippen molar-refractivity contribution in [2.45, 2.75) is 32.3 Å². The number of β-amino-alcohol motifs (C(OH)–C–C–N with tert-alkyl or cyclic N) is 1. The molecule has 1 saturated heterocycles. The Hall–Kier alpha value is -1.68. The highest BCUT2D eigenvalue weighted by Crippen LogP contribution is 2.44. The minimum Gasteiger partial charge on any atom is -0.387 e. The zero-order valence-electron chi connectivity index (χ0n) is 12.2. The average Bonchev–Trinajstić information content (AvgIpc) is 3.03. The smallest absolute Gasteiger partial charge is 0.233 e. The first-order chi connectivity index (χ1) is 10.1. The van der Waals surface area contributed by atoms with E-state index in [-0.39, 0.29) is 30.2 Å². The van der Waals surface area contributed by atoms with Crippen LogP contribution in [0, 0.1) is 17.8 Å². The second kappa shape index (κ2) is 5.60. The van der Waals surface area contributed by atoms with Gasteiger partial charge in [-0.15, -0.1) is 0 Å².